The lowest BCUT2D eigenvalue weighted by Gasteiger charge is -2.11. The number of nitrogens with two attached hydrogens (primary N) is 1. The zero-order valence-electron chi connectivity index (χ0n) is 10.2. The normalized spacial score (nSPS) is 9.76. The number of amides is 1. The number of nitrogen functional groups attached to an aromatic ring is 1. The molecule has 0 aliphatic rings. The van der Waals surface area contributed by atoms with Gasteiger partial charge in [-0.15, -0.1) is 0 Å². The molecular weight excluding hydrogens is 220 g/mol. The van der Waals surface area contributed by atoms with Gasteiger partial charge in [0.25, 0.3) is 0 Å². The molecule has 0 fully saturated rings. The molecule has 17 heavy (non-hydrogen) atoms. The molecule has 1 amide bonds. The molecule has 0 bridgehead atoms. The molecule has 0 atom stereocenters. The molecule has 0 radical (unpaired) electrons. The Morgan fingerprint density at radius 1 is 1.41 bits per heavy atom. The lowest BCUT2D eigenvalue weighted by molar-refractivity contribution is -0.121. The number of rotatable bonds is 6. The number of methoxy groups -OCH3 is 1. The van der Waals surface area contributed by atoms with E-state index in [0.29, 0.717) is 36.8 Å². The average molecular weight is 238 g/mol. The molecule has 0 saturated carbocycles. The van der Waals surface area contributed by atoms with Crippen LogP contribution in [0.25, 0.3) is 0 Å². The van der Waals surface area contributed by atoms with Crippen LogP contribution in [-0.2, 0) is 4.79 Å². The molecule has 0 unspecified atom stereocenters. The van der Waals surface area contributed by atoms with Crippen molar-refractivity contribution in [3.63, 3.8) is 0 Å². The Bertz CT molecular complexity index is 380. The van der Waals surface area contributed by atoms with Crippen molar-refractivity contribution in [1.29, 1.82) is 0 Å². The van der Waals surface area contributed by atoms with E-state index < -0.39 is 0 Å². The van der Waals surface area contributed by atoms with E-state index >= 15 is 0 Å². The largest absolute Gasteiger partial charge is 0.493 e. The predicted octanol–water partition coefficient (Wildman–Crippen LogP) is 1.18. The number of benzene rings is 1. The standard InChI is InChI=1S/C12H18N2O3/c1-3-14-12(15)6-7-17-11-8-9(13)4-5-10(11)16-2/h4-5,8H,3,6-7,13H2,1-2H3,(H,14,15). The van der Waals surface area contributed by atoms with E-state index in [4.69, 9.17) is 15.2 Å². The Hall–Kier alpha value is -1.91. The Balaban J connectivity index is 2.50. The quantitative estimate of drug-likeness (QED) is 0.730. The fourth-order valence-corrected chi connectivity index (χ4v) is 1.35. The minimum atomic E-state index is -0.0321. The van der Waals surface area contributed by atoms with E-state index in [9.17, 15) is 4.79 Å². The summed E-state index contributed by atoms with van der Waals surface area (Å²) >= 11 is 0. The number of carbonyl (C=O) groups is 1. The first-order valence-electron chi connectivity index (χ1n) is 5.50. The van der Waals surface area contributed by atoms with Crippen LogP contribution in [0, 0.1) is 0 Å². The van der Waals surface area contributed by atoms with Crippen molar-refractivity contribution in [2.75, 3.05) is 26.0 Å². The zero-order valence-corrected chi connectivity index (χ0v) is 10.2. The summed E-state index contributed by atoms with van der Waals surface area (Å²) in [5, 5.41) is 2.70. The van der Waals surface area contributed by atoms with Crippen molar-refractivity contribution in [2.24, 2.45) is 0 Å². The molecule has 0 heterocycles. The first kappa shape index (κ1) is 13.2. The van der Waals surface area contributed by atoms with Gasteiger partial charge in [0.15, 0.2) is 11.5 Å². The van der Waals surface area contributed by atoms with E-state index in [0.717, 1.165) is 0 Å². The summed E-state index contributed by atoms with van der Waals surface area (Å²) in [5.74, 6) is 1.13. The van der Waals surface area contributed by atoms with E-state index in [2.05, 4.69) is 5.32 Å². The highest BCUT2D eigenvalue weighted by atomic mass is 16.5. The Morgan fingerprint density at radius 2 is 2.18 bits per heavy atom. The van der Waals surface area contributed by atoms with Crippen LogP contribution in [0.1, 0.15) is 13.3 Å². The van der Waals surface area contributed by atoms with Crippen LogP contribution in [-0.4, -0.2) is 26.2 Å². The Labute approximate surface area is 101 Å². The van der Waals surface area contributed by atoms with Crippen molar-refractivity contribution in [2.45, 2.75) is 13.3 Å². The summed E-state index contributed by atoms with van der Waals surface area (Å²) in [6.07, 6.45) is 0.311. The molecule has 0 aromatic heterocycles. The van der Waals surface area contributed by atoms with Gasteiger partial charge in [-0.1, -0.05) is 0 Å². The highest BCUT2D eigenvalue weighted by molar-refractivity contribution is 5.75. The van der Waals surface area contributed by atoms with Crippen molar-refractivity contribution in [3.05, 3.63) is 18.2 Å². The van der Waals surface area contributed by atoms with Gasteiger partial charge in [-0.05, 0) is 19.1 Å². The van der Waals surface area contributed by atoms with Gasteiger partial charge in [0.05, 0.1) is 20.1 Å². The van der Waals surface area contributed by atoms with Crippen molar-refractivity contribution >= 4 is 11.6 Å². The van der Waals surface area contributed by atoms with Crippen LogP contribution < -0.4 is 20.5 Å². The average Bonchev–Trinajstić information content (AvgIpc) is 2.30. The van der Waals surface area contributed by atoms with Gasteiger partial charge in [0.1, 0.15) is 0 Å². The topological polar surface area (TPSA) is 73.6 Å². The smallest absolute Gasteiger partial charge is 0.223 e. The second kappa shape index (κ2) is 6.62. The molecule has 1 aromatic rings. The van der Waals surface area contributed by atoms with Crippen LogP contribution >= 0.6 is 0 Å². The van der Waals surface area contributed by atoms with Crippen LogP contribution in [0.15, 0.2) is 18.2 Å². The Morgan fingerprint density at radius 3 is 2.82 bits per heavy atom. The number of nitrogens with one attached hydrogen (secondary N) is 1. The minimum absolute atomic E-state index is 0.0321. The molecule has 5 heteroatoms. The molecule has 1 rings (SSSR count). The number of hydrogen-bond donors (Lipinski definition) is 2. The third-order valence-electron chi connectivity index (χ3n) is 2.15. The highest BCUT2D eigenvalue weighted by Crippen LogP contribution is 2.28. The highest BCUT2D eigenvalue weighted by Gasteiger charge is 2.06. The van der Waals surface area contributed by atoms with Crippen molar-refractivity contribution in [1.82, 2.24) is 5.32 Å². The molecule has 3 N–H and O–H groups in total. The summed E-state index contributed by atoms with van der Waals surface area (Å²) in [6, 6.07) is 5.14. The maximum atomic E-state index is 11.2. The van der Waals surface area contributed by atoms with Gasteiger partial charge >= 0.3 is 0 Å². The van der Waals surface area contributed by atoms with Gasteiger partial charge < -0.3 is 20.5 Å². The monoisotopic (exact) mass is 238 g/mol. The van der Waals surface area contributed by atoms with Gasteiger partial charge in [-0.3, -0.25) is 4.79 Å². The molecule has 0 saturated heterocycles. The maximum absolute atomic E-state index is 11.2. The fraction of sp³-hybridized carbons (Fsp3) is 0.417. The molecule has 94 valence electrons. The van der Waals surface area contributed by atoms with Crippen LogP contribution in [0.2, 0.25) is 0 Å². The van der Waals surface area contributed by atoms with Crippen molar-refractivity contribution < 1.29 is 14.3 Å². The Kier molecular flexibility index (Phi) is 5.13. The number of carbonyl (C=O) groups excluding carboxylic acids is 1. The van der Waals surface area contributed by atoms with E-state index in [1.807, 2.05) is 6.92 Å². The summed E-state index contributed by atoms with van der Waals surface area (Å²) in [7, 11) is 1.56. The summed E-state index contributed by atoms with van der Waals surface area (Å²) in [5.41, 5.74) is 6.24. The molecule has 5 nitrogen and oxygen atoms in total. The third kappa shape index (κ3) is 4.22. The van der Waals surface area contributed by atoms with Gasteiger partial charge in [0, 0.05) is 18.3 Å². The fourth-order valence-electron chi connectivity index (χ4n) is 1.35. The first-order chi connectivity index (χ1) is 8.17. The van der Waals surface area contributed by atoms with Crippen LogP contribution in [0.5, 0.6) is 11.5 Å². The number of ether oxygens (including phenoxy) is 2. The number of hydrogen-bond acceptors (Lipinski definition) is 4. The SMILES string of the molecule is CCNC(=O)CCOc1cc(N)ccc1OC. The predicted molar refractivity (Wildman–Crippen MR) is 66.2 cm³/mol. The van der Waals surface area contributed by atoms with Crippen molar-refractivity contribution in [3.8, 4) is 11.5 Å². The lowest BCUT2D eigenvalue weighted by atomic mass is 10.3. The van der Waals surface area contributed by atoms with Crippen LogP contribution in [0.3, 0.4) is 0 Å². The molecule has 1 aromatic carbocycles. The van der Waals surface area contributed by atoms with Gasteiger partial charge in [0.2, 0.25) is 5.91 Å². The van der Waals surface area contributed by atoms with Gasteiger partial charge in [-0.2, -0.15) is 0 Å². The third-order valence-corrected chi connectivity index (χ3v) is 2.15. The minimum Gasteiger partial charge on any atom is -0.493 e. The summed E-state index contributed by atoms with van der Waals surface area (Å²) in [4.78, 5) is 11.2. The molecule has 0 aliphatic carbocycles. The first-order valence-corrected chi connectivity index (χ1v) is 5.50. The van der Waals surface area contributed by atoms with Crippen LogP contribution in [0.4, 0.5) is 5.69 Å². The molecular formula is C12H18N2O3. The van der Waals surface area contributed by atoms with E-state index in [1.165, 1.54) is 0 Å². The lowest BCUT2D eigenvalue weighted by Crippen LogP contribution is -2.24. The zero-order chi connectivity index (χ0) is 12.7. The maximum Gasteiger partial charge on any atom is 0.223 e. The second-order valence-corrected chi connectivity index (χ2v) is 3.46. The summed E-state index contributed by atoms with van der Waals surface area (Å²) in [6.45, 7) is 2.80. The second-order valence-electron chi connectivity index (χ2n) is 3.46. The summed E-state index contributed by atoms with van der Waals surface area (Å²) < 4.78 is 10.6. The van der Waals surface area contributed by atoms with E-state index in [1.54, 1.807) is 25.3 Å². The van der Waals surface area contributed by atoms with E-state index in [-0.39, 0.29) is 5.91 Å². The molecule has 0 aliphatic heterocycles. The number of anilines is 1. The van der Waals surface area contributed by atoms with Gasteiger partial charge in [-0.25, -0.2) is 0 Å². The molecule has 0 spiro atoms.